The number of likely N-dealkylation sites (tertiary alicyclic amines) is 1. The molecule has 2 heterocycles. The Morgan fingerprint density at radius 2 is 2.19 bits per heavy atom. The van der Waals surface area contributed by atoms with Gasteiger partial charge in [-0.3, -0.25) is 4.79 Å². The zero-order valence-corrected chi connectivity index (χ0v) is 12.7. The third-order valence-corrected chi connectivity index (χ3v) is 4.44. The zero-order valence-electron chi connectivity index (χ0n) is 12.7. The summed E-state index contributed by atoms with van der Waals surface area (Å²) in [5.74, 6) is 0.163. The first kappa shape index (κ1) is 14.4. The molecule has 4 nitrogen and oxygen atoms in total. The number of benzene rings is 1. The van der Waals surface area contributed by atoms with Crippen molar-refractivity contribution in [2.75, 3.05) is 31.6 Å². The van der Waals surface area contributed by atoms with Gasteiger partial charge in [0.15, 0.2) is 0 Å². The van der Waals surface area contributed by atoms with Crippen molar-refractivity contribution in [3.05, 3.63) is 29.3 Å². The van der Waals surface area contributed by atoms with E-state index < -0.39 is 0 Å². The van der Waals surface area contributed by atoms with Crippen molar-refractivity contribution in [2.24, 2.45) is 0 Å². The summed E-state index contributed by atoms with van der Waals surface area (Å²) in [6.07, 6.45) is 4.42. The Morgan fingerprint density at radius 1 is 1.38 bits per heavy atom. The molecule has 1 N–H and O–H groups in total. The maximum absolute atomic E-state index is 12.8. The van der Waals surface area contributed by atoms with Gasteiger partial charge in [-0.2, -0.15) is 0 Å². The van der Waals surface area contributed by atoms with Gasteiger partial charge in [-0.05, 0) is 44.2 Å². The average Bonchev–Trinajstić information content (AvgIpc) is 2.55. The Bertz CT molecular complexity index is 508. The van der Waals surface area contributed by atoms with Gasteiger partial charge < -0.3 is 15.0 Å². The quantitative estimate of drug-likeness (QED) is 0.930. The number of piperidine rings is 1. The van der Waals surface area contributed by atoms with Crippen LogP contribution in [0.1, 0.15) is 42.1 Å². The molecule has 114 valence electrons. The van der Waals surface area contributed by atoms with E-state index in [0.717, 1.165) is 63.2 Å². The molecule has 21 heavy (non-hydrogen) atoms. The van der Waals surface area contributed by atoms with Crippen LogP contribution in [0.4, 0.5) is 5.69 Å². The Hall–Kier alpha value is -1.55. The Kier molecular flexibility index (Phi) is 4.44. The van der Waals surface area contributed by atoms with E-state index in [1.54, 1.807) is 0 Å². The number of carbonyl (C=O) groups is 1. The van der Waals surface area contributed by atoms with Gasteiger partial charge in [-0.15, -0.1) is 0 Å². The van der Waals surface area contributed by atoms with Crippen LogP contribution in [0.2, 0.25) is 0 Å². The van der Waals surface area contributed by atoms with Crippen molar-refractivity contribution in [3.8, 4) is 0 Å². The molecule has 0 spiro atoms. The second-order valence-corrected chi connectivity index (χ2v) is 5.82. The third-order valence-electron chi connectivity index (χ3n) is 4.44. The highest BCUT2D eigenvalue weighted by molar-refractivity contribution is 6.00. The Balaban J connectivity index is 1.72. The van der Waals surface area contributed by atoms with Gasteiger partial charge in [0, 0.05) is 26.2 Å². The summed E-state index contributed by atoms with van der Waals surface area (Å²) in [5, 5.41) is 3.41. The number of aryl methyl sites for hydroxylation is 1. The lowest BCUT2D eigenvalue weighted by molar-refractivity contribution is 0.0146. The first-order chi connectivity index (χ1) is 10.3. The van der Waals surface area contributed by atoms with Gasteiger partial charge >= 0.3 is 0 Å². The molecule has 0 unspecified atom stereocenters. The summed E-state index contributed by atoms with van der Waals surface area (Å²) in [7, 11) is 0. The van der Waals surface area contributed by atoms with Gasteiger partial charge in [-0.1, -0.05) is 12.1 Å². The van der Waals surface area contributed by atoms with E-state index in [9.17, 15) is 4.79 Å². The molecule has 0 radical (unpaired) electrons. The molecule has 0 saturated carbocycles. The van der Waals surface area contributed by atoms with Gasteiger partial charge in [0.05, 0.1) is 17.4 Å². The van der Waals surface area contributed by atoms with Crippen LogP contribution in [0.5, 0.6) is 0 Å². The van der Waals surface area contributed by atoms with Crippen LogP contribution in [-0.2, 0) is 11.2 Å². The standard InChI is InChI=1S/C17H24N2O2/c1-2-21-14-8-11-19(12-9-14)17(20)15-7-3-5-13-6-4-10-18-16(13)15/h3,5,7,14,18H,2,4,6,8-12H2,1H3. The van der Waals surface area contributed by atoms with Gasteiger partial charge in [0.25, 0.3) is 5.91 Å². The Labute approximate surface area is 126 Å². The molecule has 0 atom stereocenters. The molecule has 0 aliphatic carbocycles. The number of nitrogens with zero attached hydrogens (tertiary/aromatic N) is 1. The minimum Gasteiger partial charge on any atom is -0.384 e. The van der Waals surface area contributed by atoms with Gasteiger partial charge in [0.1, 0.15) is 0 Å². The highest BCUT2D eigenvalue weighted by Crippen LogP contribution is 2.28. The molecule has 2 aliphatic rings. The van der Waals surface area contributed by atoms with Crippen LogP contribution in [0, 0.1) is 0 Å². The van der Waals surface area contributed by atoms with Crippen LogP contribution in [0.15, 0.2) is 18.2 Å². The van der Waals surface area contributed by atoms with E-state index in [4.69, 9.17) is 4.74 Å². The van der Waals surface area contributed by atoms with Crippen LogP contribution >= 0.6 is 0 Å². The topological polar surface area (TPSA) is 41.6 Å². The maximum atomic E-state index is 12.8. The van der Waals surface area contributed by atoms with Crippen LogP contribution in [0.3, 0.4) is 0 Å². The first-order valence-electron chi connectivity index (χ1n) is 8.06. The number of para-hydroxylation sites is 1. The molecule has 4 heteroatoms. The molecule has 0 bridgehead atoms. The summed E-state index contributed by atoms with van der Waals surface area (Å²) in [6, 6.07) is 6.08. The van der Waals surface area contributed by atoms with E-state index >= 15 is 0 Å². The number of anilines is 1. The van der Waals surface area contributed by atoms with E-state index in [0.29, 0.717) is 6.10 Å². The maximum Gasteiger partial charge on any atom is 0.255 e. The average molecular weight is 288 g/mol. The van der Waals surface area contributed by atoms with Crippen molar-refractivity contribution in [2.45, 2.75) is 38.7 Å². The SMILES string of the molecule is CCOC1CCN(C(=O)c2cccc3c2NCCC3)CC1. The fraction of sp³-hybridized carbons (Fsp3) is 0.588. The first-order valence-corrected chi connectivity index (χ1v) is 8.06. The van der Waals surface area contributed by atoms with Gasteiger partial charge in [-0.25, -0.2) is 0 Å². The predicted octanol–water partition coefficient (Wildman–Crippen LogP) is 2.69. The molecule has 1 saturated heterocycles. The molecule has 0 aromatic heterocycles. The van der Waals surface area contributed by atoms with E-state index in [1.807, 2.05) is 24.0 Å². The smallest absolute Gasteiger partial charge is 0.255 e. The summed E-state index contributed by atoms with van der Waals surface area (Å²) in [5.41, 5.74) is 3.17. The highest BCUT2D eigenvalue weighted by atomic mass is 16.5. The molecule has 1 aromatic carbocycles. The molecule has 3 rings (SSSR count). The lowest BCUT2D eigenvalue weighted by Gasteiger charge is -2.32. The van der Waals surface area contributed by atoms with Crippen molar-refractivity contribution in [1.29, 1.82) is 0 Å². The molecular formula is C17H24N2O2. The van der Waals surface area contributed by atoms with Crippen LogP contribution in [0.25, 0.3) is 0 Å². The number of nitrogens with one attached hydrogen (secondary N) is 1. The summed E-state index contributed by atoms with van der Waals surface area (Å²) < 4.78 is 5.66. The largest absolute Gasteiger partial charge is 0.384 e. The number of hydrogen-bond donors (Lipinski definition) is 1. The molecule has 2 aliphatic heterocycles. The summed E-state index contributed by atoms with van der Waals surface area (Å²) >= 11 is 0. The predicted molar refractivity (Wildman–Crippen MR) is 83.8 cm³/mol. The van der Waals surface area contributed by atoms with Crippen molar-refractivity contribution < 1.29 is 9.53 Å². The number of rotatable bonds is 3. The van der Waals surface area contributed by atoms with Crippen molar-refractivity contribution in [1.82, 2.24) is 4.90 Å². The number of amides is 1. The van der Waals surface area contributed by atoms with Gasteiger partial charge in [0.2, 0.25) is 0 Å². The molecular weight excluding hydrogens is 264 g/mol. The van der Waals surface area contributed by atoms with E-state index in [2.05, 4.69) is 11.4 Å². The molecule has 1 amide bonds. The van der Waals surface area contributed by atoms with E-state index in [-0.39, 0.29) is 5.91 Å². The number of ether oxygens (including phenoxy) is 1. The monoisotopic (exact) mass is 288 g/mol. The number of carbonyl (C=O) groups excluding carboxylic acids is 1. The minimum absolute atomic E-state index is 0.163. The van der Waals surface area contributed by atoms with Crippen LogP contribution < -0.4 is 5.32 Å². The second-order valence-electron chi connectivity index (χ2n) is 5.82. The van der Waals surface area contributed by atoms with Crippen LogP contribution in [-0.4, -0.2) is 43.2 Å². The summed E-state index contributed by atoms with van der Waals surface area (Å²) in [4.78, 5) is 14.8. The van der Waals surface area contributed by atoms with E-state index in [1.165, 1.54) is 5.56 Å². The lowest BCUT2D eigenvalue weighted by Crippen LogP contribution is -2.41. The number of hydrogen-bond acceptors (Lipinski definition) is 3. The fourth-order valence-electron chi connectivity index (χ4n) is 3.32. The van der Waals surface area contributed by atoms with Crippen molar-refractivity contribution >= 4 is 11.6 Å². The zero-order chi connectivity index (χ0) is 14.7. The summed E-state index contributed by atoms with van der Waals surface area (Å²) in [6.45, 7) is 5.35. The second kappa shape index (κ2) is 6.48. The number of fused-ring (bicyclic) bond motifs is 1. The molecule has 1 aromatic rings. The normalized spacial score (nSPS) is 19.0. The third kappa shape index (κ3) is 3.05. The lowest BCUT2D eigenvalue weighted by atomic mass is 9.98. The van der Waals surface area contributed by atoms with Crippen molar-refractivity contribution in [3.63, 3.8) is 0 Å². The molecule has 1 fully saturated rings. The Morgan fingerprint density at radius 3 is 2.95 bits per heavy atom. The fourth-order valence-corrected chi connectivity index (χ4v) is 3.32. The minimum atomic E-state index is 0.163. The highest BCUT2D eigenvalue weighted by Gasteiger charge is 2.26.